The number of halogens is 3. The molecule has 3 atom stereocenters. The molecule has 0 spiro atoms. The molecular formula is C15H16F3N. The van der Waals surface area contributed by atoms with Crippen LogP contribution in [0.25, 0.3) is 0 Å². The van der Waals surface area contributed by atoms with Crippen LogP contribution in [0.15, 0.2) is 30.4 Å². The Kier molecular flexibility index (Phi) is 2.84. The molecule has 1 aromatic rings. The molecule has 1 nitrogen and oxygen atoms in total. The molecule has 2 aliphatic rings. The van der Waals surface area contributed by atoms with Crippen LogP contribution in [0.5, 0.6) is 0 Å². The summed E-state index contributed by atoms with van der Waals surface area (Å²) in [6, 6.07) is 4.18. The fourth-order valence-corrected chi connectivity index (χ4v) is 3.04. The van der Waals surface area contributed by atoms with Crippen LogP contribution < -0.4 is 5.32 Å². The highest BCUT2D eigenvalue weighted by molar-refractivity contribution is 5.54. The first-order chi connectivity index (χ1) is 8.95. The van der Waals surface area contributed by atoms with Crippen molar-refractivity contribution >= 4 is 5.69 Å². The number of aryl methyl sites for hydroxylation is 1. The lowest BCUT2D eigenvalue weighted by atomic mass is 9.71. The van der Waals surface area contributed by atoms with E-state index in [0.29, 0.717) is 17.5 Å². The second-order valence-corrected chi connectivity index (χ2v) is 5.52. The Morgan fingerprint density at radius 3 is 2.74 bits per heavy atom. The van der Waals surface area contributed by atoms with Gasteiger partial charge in [-0.05, 0) is 43.4 Å². The molecule has 0 bridgehead atoms. The monoisotopic (exact) mass is 267 g/mol. The molecule has 0 radical (unpaired) electrons. The molecule has 0 aromatic heterocycles. The van der Waals surface area contributed by atoms with Crippen LogP contribution in [-0.2, 0) is 6.18 Å². The van der Waals surface area contributed by atoms with Crippen LogP contribution in [0.3, 0.4) is 0 Å². The second-order valence-electron chi connectivity index (χ2n) is 5.52. The maximum Gasteiger partial charge on any atom is 0.416 e. The van der Waals surface area contributed by atoms with Gasteiger partial charge in [-0.25, -0.2) is 0 Å². The third kappa shape index (κ3) is 2.24. The molecule has 102 valence electrons. The molecule has 3 rings (SSSR count). The maximum atomic E-state index is 12.7. The molecular weight excluding hydrogens is 251 g/mol. The second kappa shape index (κ2) is 4.29. The van der Waals surface area contributed by atoms with Crippen molar-refractivity contribution < 1.29 is 13.2 Å². The number of alkyl halides is 3. The zero-order valence-electron chi connectivity index (χ0n) is 10.7. The van der Waals surface area contributed by atoms with E-state index >= 15 is 0 Å². The van der Waals surface area contributed by atoms with Gasteiger partial charge in [-0.2, -0.15) is 13.2 Å². The summed E-state index contributed by atoms with van der Waals surface area (Å²) in [6.45, 7) is 1.84. The van der Waals surface area contributed by atoms with Crippen LogP contribution in [0, 0.1) is 18.8 Å². The van der Waals surface area contributed by atoms with E-state index < -0.39 is 11.7 Å². The normalized spacial score (nSPS) is 28.9. The molecule has 0 amide bonds. The van der Waals surface area contributed by atoms with Crippen molar-refractivity contribution in [3.63, 3.8) is 0 Å². The third-order valence-electron chi connectivity index (χ3n) is 4.27. The van der Waals surface area contributed by atoms with E-state index in [-0.39, 0.29) is 6.04 Å². The Bertz CT molecular complexity index is 519. The fraction of sp³-hybridized carbons (Fsp3) is 0.467. The Balaban J connectivity index is 1.79. The Morgan fingerprint density at radius 2 is 2.05 bits per heavy atom. The first-order valence-corrected chi connectivity index (χ1v) is 6.56. The van der Waals surface area contributed by atoms with Crippen molar-refractivity contribution in [3.8, 4) is 0 Å². The van der Waals surface area contributed by atoms with E-state index in [0.717, 1.165) is 24.5 Å². The van der Waals surface area contributed by atoms with Gasteiger partial charge in [-0.15, -0.1) is 0 Å². The van der Waals surface area contributed by atoms with Crippen LogP contribution >= 0.6 is 0 Å². The van der Waals surface area contributed by atoms with E-state index in [1.165, 1.54) is 12.1 Å². The highest BCUT2D eigenvalue weighted by Crippen LogP contribution is 2.44. The molecule has 2 aliphatic carbocycles. The average molecular weight is 267 g/mol. The van der Waals surface area contributed by atoms with Crippen molar-refractivity contribution in [1.29, 1.82) is 0 Å². The summed E-state index contributed by atoms with van der Waals surface area (Å²) in [5, 5.41) is 3.28. The predicted molar refractivity (Wildman–Crippen MR) is 68.9 cm³/mol. The number of benzene rings is 1. The van der Waals surface area contributed by atoms with Crippen LogP contribution in [0.2, 0.25) is 0 Å². The quantitative estimate of drug-likeness (QED) is 0.784. The number of nitrogens with one attached hydrogen (secondary N) is 1. The van der Waals surface area contributed by atoms with Crippen molar-refractivity contribution in [3.05, 3.63) is 41.5 Å². The average Bonchev–Trinajstić information content (AvgIpc) is 2.68. The molecule has 1 N–H and O–H groups in total. The van der Waals surface area contributed by atoms with Gasteiger partial charge in [0.15, 0.2) is 0 Å². The van der Waals surface area contributed by atoms with Gasteiger partial charge in [0.05, 0.1) is 5.56 Å². The molecule has 4 heteroatoms. The number of hydrogen-bond acceptors (Lipinski definition) is 1. The lowest BCUT2D eigenvalue weighted by Gasteiger charge is -2.41. The van der Waals surface area contributed by atoms with E-state index in [4.69, 9.17) is 0 Å². The van der Waals surface area contributed by atoms with Crippen molar-refractivity contribution in [2.24, 2.45) is 11.8 Å². The topological polar surface area (TPSA) is 12.0 Å². The summed E-state index contributed by atoms with van der Waals surface area (Å²) < 4.78 is 38.1. The zero-order valence-corrected chi connectivity index (χ0v) is 10.7. The summed E-state index contributed by atoms with van der Waals surface area (Å²) in [5.41, 5.74) is 0.885. The lowest BCUT2D eigenvalue weighted by Crippen LogP contribution is -2.43. The predicted octanol–water partition coefficient (Wildman–Crippen LogP) is 4.39. The highest BCUT2D eigenvalue weighted by atomic mass is 19.4. The zero-order chi connectivity index (χ0) is 13.6. The van der Waals surface area contributed by atoms with Gasteiger partial charge in [-0.3, -0.25) is 0 Å². The molecule has 3 unspecified atom stereocenters. The van der Waals surface area contributed by atoms with Gasteiger partial charge >= 0.3 is 6.18 Å². The molecule has 1 fully saturated rings. The van der Waals surface area contributed by atoms with E-state index in [9.17, 15) is 13.2 Å². The number of fused-ring (bicyclic) bond motifs is 1. The lowest BCUT2D eigenvalue weighted by molar-refractivity contribution is -0.137. The van der Waals surface area contributed by atoms with Gasteiger partial charge in [0.1, 0.15) is 0 Å². The Labute approximate surface area is 110 Å². The maximum absolute atomic E-state index is 12.7. The summed E-state index contributed by atoms with van der Waals surface area (Å²) >= 11 is 0. The highest BCUT2D eigenvalue weighted by Gasteiger charge is 2.41. The van der Waals surface area contributed by atoms with E-state index in [1.54, 1.807) is 0 Å². The van der Waals surface area contributed by atoms with Gasteiger partial charge in [0.2, 0.25) is 0 Å². The molecule has 19 heavy (non-hydrogen) atoms. The van der Waals surface area contributed by atoms with Crippen LogP contribution in [0.1, 0.15) is 24.0 Å². The summed E-state index contributed by atoms with van der Waals surface area (Å²) in [4.78, 5) is 0. The first kappa shape index (κ1) is 12.6. The number of anilines is 1. The van der Waals surface area contributed by atoms with Crippen molar-refractivity contribution in [2.45, 2.75) is 32.0 Å². The Morgan fingerprint density at radius 1 is 1.26 bits per heavy atom. The number of hydrogen-bond donors (Lipinski definition) is 1. The first-order valence-electron chi connectivity index (χ1n) is 6.56. The fourth-order valence-electron chi connectivity index (χ4n) is 3.04. The standard InChI is InChI=1S/C15H16F3N/c1-9-5-6-11(15(16,17)18)8-13(9)19-14-7-10-3-2-4-12(10)14/h2,4-6,8,10,12,14,19H,3,7H2,1H3. The Hall–Kier alpha value is -1.45. The smallest absolute Gasteiger partial charge is 0.381 e. The number of rotatable bonds is 2. The minimum atomic E-state index is -4.28. The minimum absolute atomic E-state index is 0.283. The van der Waals surface area contributed by atoms with Gasteiger partial charge in [0.25, 0.3) is 0 Å². The summed E-state index contributed by atoms with van der Waals surface area (Å²) in [5.74, 6) is 1.19. The molecule has 0 heterocycles. The van der Waals surface area contributed by atoms with Crippen molar-refractivity contribution in [1.82, 2.24) is 0 Å². The summed E-state index contributed by atoms with van der Waals surface area (Å²) in [7, 11) is 0. The number of allylic oxidation sites excluding steroid dienone is 1. The van der Waals surface area contributed by atoms with Gasteiger partial charge < -0.3 is 5.32 Å². The van der Waals surface area contributed by atoms with Crippen LogP contribution in [0.4, 0.5) is 18.9 Å². The van der Waals surface area contributed by atoms with Crippen molar-refractivity contribution in [2.75, 3.05) is 5.32 Å². The third-order valence-corrected chi connectivity index (χ3v) is 4.27. The van der Waals surface area contributed by atoms with Gasteiger partial charge in [0, 0.05) is 17.6 Å². The molecule has 1 aromatic carbocycles. The molecule has 1 saturated carbocycles. The van der Waals surface area contributed by atoms with E-state index in [2.05, 4.69) is 17.5 Å². The largest absolute Gasteiger partial charge is 0.416 e. The minimum Gasteiger partial charge on any atom is -0.381 e. The van der Waals surface area contributed by atoms with E-state index in [1.807, 2.05) is 6.92 Å². The SMILES string of the molecule is Cc1ccc(C(F)(F)F)cc1NC1CC2CC=CC21. The summed E-state index contributed by atoms with van der Waals surface area (Å²) in [6.07, 6.45) is 2.25. The molecule has 0 saturated heterocycles. The van der Waals surface area contributed by atoms with Crippen LogP contribution in [-0.4, -0.2) is 6.04 Å². The van der Waals surface area contributed by atoms with Gasteiger partial charge in [-0.1, -0.05) is 18.2 Å². The molecule has 0 aliphatic heterocycles.